The number of benzene rings is 3. The van der Waals surface area contributed by atoms with Crippen molar-refractivity contribution in [3.8, 4) is 11.5 Å². The van der Waals surface area contributed by atoms with E-state index in [1.165, 1.54) is 38.2 Å². The molecule has 0 radical (unpaired) electrons. The highest BCUT2D eigenvalue weighted by Crippen LogP contribution is 2.48. The van der Waals surface area contributed by atoms with Crippen molar-refractivity contribution in [2.24, 2.45) is 0 Å². The minimum Gasteiger partial charge on any atom is -0.464 e. The van der Waals surface area contributed by atoms with Crippen molar-refractivity contribution in [2.75, 3.05) is 13.2 Å². The van der Waals surface area contributed by atoms with E-state index in [0.717, 1.165) is 63.2 Å². The second-order valence-corrected chi connectivity index (χ2v) is 20.4. The summed E-state index contributed by atoms with van der Waals surface area (Å²) >= 11 is 0. The second-order valence-electron chi connectivity index (χ2n) is 18.2. The van der Waals surface area contributed by atoms with Crippen LogP contribution in [0.4, 0.5) is 0 Å². The predicted octanol–water partition coefficient (Wildman–Crippen LogP) is 10.4. The molecule has 0 saturated carbocycles. The molecule has 5 rings (SSSR count). The summed E-state index contributed by atoms with van der Waals surface area (Å²) in [5, 5.41) is 3.74. The van der Waals surface area contributed by atoms with Gasteiger partial charge in [-0.3, -0.25) is 0 Å². The normalized spacial score (nSPS) is 20.2. The molecule has 4 nitrogen and oxygen atoms in total. The molecule has 49 heavy (non-hydrogen) atoms. The fourth-order valence-electron chi connectivity index (χ4n) is 6.64. The minimum atomic E-state index is -1.16. The van der Waals surface area contributed by atoms with Gasteiger partial charge in [0.05, 0.1) is 13.2 Å². The lowest BCUT2D eigenvalue weighted by atomic mass is 9.80. The molecule has 0 amide bonds. The average Bonchev–Trinajstić information content (AvgIpc) is 3.01. The molecule has 0 aliphatic carbocycles. The van der Waals surface area contributed by atoms with Gasteiger partial charge in [-0.05, 0) is 83.8 Å². The SMILES string of the molecule is CC(C)(C)c1cc(P(c2ccccc2)c2cc(C(C)(C)C)cc(C(C)(C)C)c2OC2CCCCO2)c(OC2CCCCO2)c(C(C)(C)C)c1. The molecule has 5 heteroatoms. The fraction of sp³-hybridized carbons (Fsp3) is 0.591. The van der Waals surface area contributed by atoms with Crippen LogP contribution in [0.3, 0.4) is 0 Å². The summed E-state index contributed by atoms with van der Waals surface area (Å²) < 4.78 is 26.9. The summed E-state index contributed by atoms with van der Waals surface area (Å²) in [6.45, 7) is 29.3. The number of ether oxygens (including phenoxy) is 4. The first-order valence-electron chi connectivity index (χ1n) is 18.6. The van der Waals surface area contributed by atoms with Crippen LogP contribution in [0.15, 0.2) is 54.6 Å². The van der Waals surface area contributed by atoms with Gasteiger partial charge < -0.3 is 18.9 Å². The molecule has 2 unspecified atom stereocenters. The summed E-state index contributed by atoms with van der Waals surface area (Å²) in [6.07, 6.45) is 5.65. The van der Waals surface area contributed by atoms with Crippen molar-refractivity contribution in [3.05, 3.63) is 76.9 Å². The van der Waals surface area contributed by atoms with Crippen LogP contribution >= 0.6 is 7.92 Å². The number of hydrogen-bond donors (Lipinski definition) is 0. The zero-order valence-electron chi connectivity index (χ0n) is 32.6. The Hall–Kier alpha value is -2.39. The van der Waals surface area contributed by atoms with E-state index in [2.05, 4.69) is 138 Å². The maximum atomic E-state index is 7.15. The van der Waals surface area contributed by atoms with Crippen LogP contribution < -0.4 is 25.4 Å². The van der Waals surface area contributed by atoms with E-state index in [1.54, 1.807) is 0 Å². The highest BCUT2D eigenvalue weighted by Gasteiger charge is 2.36. The van der Waals surface area contributed by atoms with Crippen LogP contribution in [0, 0.1) is 0 Å². The summed E-state index contributed by atoms with van der Waals surface area (Å²) in [4.78, 5) is 0. The lowest BCUT2D eigenvalue weighted by Gasteiger charge is -2.36. The topological polar surface area (TPSA) is 36.9 Å². The van der Waals surface area contributed by atoms with Gasteiger partial charge in [0.15, 0.2) is 12.6 Å². The van der Waals surface area contributed by atoms with Gasteiger partial charge >= 0.3 is 0 Å². The van der Waals surface area contributed by atoms with E-state index in [1.807, 2.05) is 0 Å². The van der Waals surface area contributed by atoms with Crippen LogP contribution in [0.5, 0.6) is 11.5 Å². The van der Waals surface area contributed by atoms with Gasteiger partial charge in [0.1, 0.15) is 11.5 Å². The molecule has 0 spiro atoms. The van der Waals surface area contributed by atoms with E-state index in [4.69, 9.17) is 18.9 Å². The van der Waals surface area contributed by atoms with Crippen molar-refractivity contribution in [2.45, 2.75) is 156 Å². The first kappa shape index (κ1) is 37.9. The van der Waals surface area contributed by atoms with Gasteiger partial charge in [-0.15, -0.1) is 0 Å². The highest BCUT2D eigenvalue weighted by atomic mass is 31.1. The molecular weight excluding hydrogens is 623 g/mol. The largest absolute Gasteiger partial charge is 0.464 e. The van der Waals surface area contributed by atoms with Crippen molar-refractivity contribution in [3.63, 3.8) is 0 Å². The van der Waals surface area contributed by atoms with Crippen LogP contribution in [0.25, 0.3) is 0 Å². The molecule has 0 bridgehead atoms. The predicted molar refractivity (Wildman–Crippen MR) is 208 cm³/mol. The molecule has 2 heterocycles. The third kappa shape index (κ3) is 9.10. The number of hydrogen-bond acceptors (Lipinski definition) is 4. The Morgan fingerprint density at radius 2 is 0.939 bits per heavy atom. The summed E-state index contributed by atoms with van der Waals surface area (Å²) in [7, 11) is -1.16. The van der Waals surface area contributed by atoms with Crippen LogP contribution in [-0.4, -0.2) is 25.8 Å². The third-order valence-electron chi connectivity index (χ3n) is 9.76. The Balaban J connectivity index is 1.92. The van der Waals surface area contributed by atoms with Crippen molar-refractivity contribution in [1.82, 2.24) is 0 Å². The third-order valence-corrected chi connectivity index (χ3v) is 12.2. The maximum absolute atomic E-state index is 7.15. The lowest BCUT2D eigenvalue weighted by Crippen LogP contribution is -2.35. The van der Waals surface area contributed by atoms with Crippen LogP contribution in [-0.2, 0) is 31.1 Å². The molecule has 3 aromatic carbocycles. The molecule has 2 atom stereocenters. The Morgan fingerprint density at radius 1 is 0.531 bits per heavy atom. The van der Waals surface area contributed by atoms with E-state index in [-0.39, 0.29) is 34.2 Å². The monoisotopic (exact) mass is 686 g/mol. The van der Waals surface area contributed by atoms with E-state index >= 15 is 0 Å². The average molecular weight is 687 g/mol. The van der Waals surface area contributed by atoms with E-state index in [9.17, 15) is 0 Å². The molecule has 2 aliphatic heterocycles. The van der Waals surface area contributed by atoms with Crippen LogP contribution in [0.1, 0.15) is 144 Å². The fourth-order valence-corrected chi connectivity index (χ4v) is 9.22. The van der Waals surface area contributed by atoms with E-state index in [0.29, 0.717) is 0 Å². The zero-order valence-corrected chi connectivity index (χ0v) is 33.5. The highest BCUT2D eigenvalue weighted by molar-refractivity contribution is 7.80. The molecule has 3 aromatic rings. The van der Waals surface area contributed by atoms with Gasteiger partial charge in [0, 0.05) is 34.6 Å². The van der Waals surface area contributed by atoms with Crippen molar-refractivity contribution >= 4 is 23.8 Å². The Bertz CT molecular complexity index is 1450. The van der Waals surface area contributed by atoms with Crippen LogP contribution in [0.2, 0.25) is 0 Å². The molecule has 0 N–H and O–H groups in total. The van der Waals surface area contributed by atoms with Crippen molar-refractivity contribution < 1.29 is 18.9 Å². The summed E-state index contributed by atoms with van der Waals surface area (Å²) in [5.74, 6) is 1.95. The minimum absolute atomic E-state index is 0.0641. The molecular formula is C44H63O4P. The quantitative estimate of drug-likeness (QED) is 0.232. The Morgan fingerprint density at radius 3 is 1.27 bits per heavy atom. The Kier molecular flexibility index (Phi) is 11.3. The van der Waals surface area contributed by atoms with E-state index < -0.39 is 7.92 Å². The molecule has 2 fully saturated rings. The van der Waals surface area contributed by atoms with Gasteiger partial charge in [-0.2, -0.15) is 0 Å². The first-order chi connectivity index (χ1) is 22.8. The number of rotatable bonds is 7. The molecule has 268 valence electrons. The Labute approximate surface area is 299 Å². The van der Waals surface area contributed by atoms with Gasteiger partial charge in [0.2, 0.25) is 0 Å². The molecule has 2 aliphatic rings. The molecule has 2 saturated heterocycles. The lowest BCUT2D eigenvalue weighted by molar-refractivity contribution is -0.106. The second kappa shape index (κ2) is 14.7. The van der Waals surface area contributed by atoms with Gasteiger partial charge in [0.25, 0.3) is 0 Å². The van der Waals surface area contributed by atoms with Gasteiger partial charge in [-0.1, -0.05) is 126 Å². The molecule has 0 aromatic heterocycles. The standard InChI is InChI=1S/C44H63O4P/c1-41(2,3)30-26-33(43(7,8)9)39(47-37-22-16-18-24-45-37)35(28-30)49(32-20-14-13-15-21-32)36-29-31(42(4,5)6)27-34(44(10,11)12)40(36)48-38-23-17-19-25-46-38/h13-15,20-21,26-29,37-38H,16-19,22-25H2,1-12H3. The first-order valence-corrected chi connectivity index (χ1v) is 20.0. The summed E-state index contributed by atoms with van der Waals surface area (Å²) in [6, 6.07) is 20.8. The maximum Gasteiger partial charge on any atom is 0.199 e. The smallest absolute Gasteiger partial charge is 0.199 e. The summed E-state index contributed by atoms with van der Waals surface area (Å²) in [5.41, 5.74) is 4.65. The van der Waals surface area contributed by atoms with Gasteiger partial charge in [-0.25, -0.2) is 0 Å². The zero-order chi connectivity index (χ0) is 35.8. The van der Waals surface area contributed by atoms with Crippen molar-refractivity contribution in [1.29, 1.82) is 0 Å².